The Balaban J connectivity index is 2.00. The van der Waals surface area contributed by atoms with E-state index in [1.165, 1.54) is 64.2 Å². The van der Waals surface area contributed by atoms with Gasteiger partial charge in [-0.25, -0.2) is 10.9 Å². The lowest BCUT2D eigenvalue weighted by molar-refractivity contribution is 0.242. The zero-order valence-corrected chi connectivity index (χ0v) is 13.0. The number of hydrogen-bond donors (Lipinski definition) is 9. The average molecular weight is 303 g/mol. The Morgan fingerprint density at radius 2 is 0.571 bits per heavy atom. The van der Waals surface area contributed by atoms with Crippen molar-refractivity contribution >= 4 is 0 Å². The fraction of sp³-hybridized carbons (Fsp3) is 1.00. The van der Waals surface area contributed by atoms with Gasteiger partial charge in [0.2, 0.25) is 0 Å². The van der Waals surface area contributed by atoms with Gasteiger partial charge < -0.3 is 0 Å². The van der Waals surface area contributed by atoms with Gasteiger partial charge >= 0.3 is 0 Å². The van der Waals surface area contributed by atoms with Gasteiger partial charge in [-0.2, -0.15) is 38.7 Å². The summed E-state index contributed by atoms with van der Waals surface area (Å²) in [5, 5.41) is 0. The zero-order valence-electron chi connectivity index (χ0n) is 13.0. The van der Waals surface area contributed by atoms with Crippen LogP contribution < -0.4 is 49.6 Å². The van der Waals surface area contributed by atoms with Crippen molar-refractivity contribution in [2.24, 2.45) is 0 Å². The maximum atomic E-state index is 3.08. The molecule has 0 bridgehead atoms. The van der Waals surface area contributed by atoms with Crippen molar-refractivity contribution < 1.29 is 0 Å². The van der Waals surface area contributed by atoms with Gasteiger partial charge in [0, 0.05) is 13.1 Å². The highest BCUT2D eigenvalue weighted by Gasteiger charge is 1.94. The Kier molecular flexibility index (Phi) is 14.3. The molecule has 0 saturated carbocycles. The minimum atomic E-state index is 0.950. The minimum absolute atomic E-state index is 0.950. The maximum absolute atomic E-state index is 3.08. The van der Waals surface area contributed by atoms with Crippen LogP contribution in [-0.2, 0) is 0 Å². The van der Waals surface area contributed by atoms with Gasteiger partial charge in [0.1, 0.15) is 0 Å². The molecule has 0 radical (unpaired) electrons. The first-order valence-electron chi connectivity index (χ1n) is 8.21. The third-order valence-electron chi connectivity index (χ3n) is 3.41. The fourth-order valence-corrected chi connectivity index (χ4v) is 2.21. The summed E-state index contributed by atoms with van der Waals surface area (Å²) in [6.45, 7) is 1.90. The molecule has 0 aliphatic carbocycles. The molecule has 1 aliphatic heterocycles. The molecule has 21 heavy (non-hydrogen) atoms. The summed E-state index contributed by atoms with van der Waals surface area (Å²) in [5.74, 6) is 0. The maximum Gasteiger partial charge on any atom is 0.0113 e. The number of hydrazine groups is 8. The molecule has 1 fully saturated rings. The fourth-order valence-electron chi connectivity index (χ4n) is 2.21. The van der Waals surface area contributed by atoms with E-state index >= 15 is 0 Å². The smallest absolute Gasteiger partial charge is 0.0113 e. The molecule has 1 saturated heterocycles. The highest BCUT2D eigenvalue weighted by Crippen LogP contribution is 2.10. The normalized spacial score (nSPS) is 24.0. The molecule has 0 aromatic heterocycles. The van der Waals surface area contributed by atoms with Crippen molar-refractivity contribution in [2.45, 2.75) is 64.2 Å². The standard InChI is InChI=1S/C12H33N9/c1-2-4-6-8-10-12-14-16-18-20-21-19-17-15-13-11-9-7-5-3-1/h13-21H,1-12H2. The summed E-state index contributed by atoms with van der Waals surface area (Å²) >= 11 is 0. The molecular weight excluding hydrogens is 270 g/mol. The van der Waals surface area contributed by atoms with Crippen molar-refractivity contribution in [3.8, 4) is 0 Å². The van der Waals surface area contributed by atoms with E-state index in [9.17, 15) is 0 Å². The number of hydrogen-bond acceptors (Lipinski definition) is 9. The van der Waals surface area contributed by atoms with Crippen LogP contribution in [0.3, 0.4) is 0 Å². The van der Waals surface area contributed by atoms with E-state index in [1.807, 2.05) is 0 Å². The van der Waals surface area contributed by atoms with Gasteiger partial charge in [-0.05, 0) is 12.8 Å². The van der Waals surface area contributed by atoms with Gasteiger partial charge in [0.15, 0.2) is 0 Å². The quantitative estimate of drug-likeness (QED) is 0.293. The van der Waals surface area contributed by atoms with Crippen LogP contribution in [0.5, 0.6) is 0 Å². The molecule has 0 unspecified atom stereocenters. The summed E-state index contributed by atoms with van der Waals surface area (Å²) in [6.07, 6.45) is 13.2. The van der Waals surface area contributed by atoms with Crippen LogP contribution in [0.2, 0.25) is 0 Å². The Labute approximate surface area is 127 Å². The van der Waals surface area contributed by atoms with E-state index in [-0.39, 0.29) is 0 Å². The zero-order chi connectivity index (χ0) is 14.8. The summed E-state index contributed by atoms with van der Waals surface area (Å²) in [7, 11) is 0. The first-order valence-corrected chi connectivity index (χ1v) is 8.21. The molecule has 0 aromatic carbocycles. The Morgan fingerprint density at radius 3 is 0.952 bits per heavy atom. The Morgan fingerprint density at radius 1 is 0.286 bits per heavy atom. The molecule has 0 spiro atoms. The molecule has 126 valence electrons. The molecule has 1 rings (SSSR count). The van der Waals surface area contributed by atoms with Crippen LogP contribution in [0.4, 0.5) is 0 Å². The van der Waals surface area contributed by atoms with Gasteiger partial charge in [-0.15, -0.1) is 0 Å². The topological polar surface area (TPSA) is 108 Å². The molecule has 9 N–H and O–H groups in total. The second-order valence-electron chi connectivity index (χ2n) is 5.26. The Bertz CT molecular complexity index is 113. The summed E-state index contributed by atoms with van der Waals surface area (Å²) in [4.78, 5) is 0. The van der Waals surface area contributed by atoms with Crippen LogP contribution >= 0.6 is 0 Å². The second-order valence-corrected chi connectivity index (χ2v) is 5.26. The molecule has 0 atom stereocenters. The third-order valence-corrected chi connectivity index (χ3v) is 3.41. The predicted octanol–water partition coefficient (Wildman–Crippen LogP) is -0.473. The minimum Gasteiger partial charge on any atom is -0.243 e. The van der Waals surface area contributed by atoms with Crippen LogP contribution in [0.25, 0.3) is 0 Å². The summed E-state index contributed by atoms with van der Waals surface area (Å²) < 4.78 is 0. The van der Waals surface area contributed by atoms with E-state index in [0.717, 1.165) is 13.1 Å². The lowest BCUT2D eigenvalue weighted by Gasteiger charge is -2.13. The molecular formula is C12H33N9. The van der Waals surface area contributed by atoms with Gasteiger partial charge in [0.05, 0.1) is 0 Å². The van der Waals surface area contributed by atoms with Crippen molar-refractivity contribution in [3.63, 3.8) is 0 Å². The molecule has 1 heterocycles. The first-order chi connectivity index (χ1) is 10.5. The average Bonchev–Trinajstić information content (AvgIpc) is 2.50. The van der Waals surface area contributed by atoms with Gasteiger partial charge in [-0.3, -0.25) is 0 Å². The molecule has 0 amide bonds. The van der Waals surface area contributed by atoms with Crippen molar-refractivity contribution in [3.05, 3.63) is 0 Å². The number of rotatable bonds is 0. The molecule has 0 aromatic rings. The van der Waals surface area contributed by atoms with Crippen molar-refractivity contribution in [1.29, 1.82) is 0 Å². The first kappa shape index (κ1) is 18.7. The molecule has 9 nitrogen and oxygen atoms in total. The predicted molar refractivity (Wildman–Crippen MR) is 84.1 cm³/mol. The number of nitrogens with one attached hydrogen (secondary N) is 9. The van der Waals surface area contributed by atoms with Crippen LogP contribution in [0.15, 0.2) is 0 Å². The third kappa shape index (κ3) is 14.3. The van der Waals surface area contributed by atoms with Crippen LogP contribution in [0.1, 0.15) is 64.2 Å². The molecule has 1 aliphatic rings. The van der Waals surface area contributed by atoms with E-state index in [4.69, 9.17) is 0 Å². The van der Waals surface area contributed by atoms with Crippen molar-refractivity contribution in [1.82, 2.24) is 49.6 Å². The summed E-state index contributed by atoms with van der Waals surface area (Å²) in [6, 6.07) is 0. The van der Waals surface area contributed by atoms with Crippen LogP contribution in [0, 0.1) is 0 Å². The Hall–Kier alpha value is -0.360. The highest BCUT2D eigenvalue weighted by atomic mass is 15.9. The van der Waals surface area contributed by atoms with Gasteiger partial charge in [0.25, 0.3) is 0 Å². The van der Waals surface area contributed by atoms with Crippen molar-refractivity contribution in [2.75, 3.05) is 13.1 Å². The van der Waals surface area contributed by atoms with Gasteiger partial charge in [-0.1, -0.05) is 51.4 Å². The molecule has 9 heteroatoms. The SMILES string of the molecule is C1CCCCCCNNNNNNNNNCCCCC1. The highest BCUT2D eigenvalue weighted by molar-refractivity contribution is 4.49. The van der Waals surface area contributed by atoms with E-state index in [0.29, 0.717) is 0 Å². The second kappa shape index (κ2) is 16.0. The van der Waals surface area contributed by atoms with E-state index in [1.54, 1.807) is 0 Å². The van der Waals surface area contributed by atoms with Crippen LogP contribution in [-0.4, -0.2) is 13.1 Å². The monoisotopic (exact) mass is 303 g/mol. The lowest BCUT2D eigenvalue weighted by Crippen LogP contribution is -2.64. The largest absolute Gasteiger partial charge is 0.243 e. The summed E-state index contributed by atoms with van der Waals surface area (Å²) in [5.41, 5.74) is 25.4. The van der Waals surface area contributed by atoms with E-state index < -0.39 is 0 Å². The van der Waals surface area contributed by atoms with E-state index in [2.05, 4.69) is 49.6 Å². The lowest BCUT2D eigenvalue weighted by atomic mass is 10.1.